The van der Waals surface area contributed by atoms with Gasteiger partial charge in [-0.15, -0.1) is 0 Å². The Labute approximate surface area is 169 Å². The minimum Gasteiger partial charge on any atom is -0.384 e. The second-order valence-corrected chi connectivity index (χ2v) is 7.40. The summed E-state index contributed by atoms with van der Waals surface area (Å²) in [5, 5.41) is 3.10. The van der Waals surface area contributed by atoms with Crippen LogP contribution in [0.15, 0.2) is 23.2 Å². The molecule has 162 valence electrons. The van der Waals surface area contributed by atoms with E-state index in [-0.39, 0.29) is 12.1 Å². The third-order valence-corrected chi connectivity index (χ3v) is 5.41. The highest BCUT2D eigenvalue weighted by Crippen LogP contribution is 2.35. The largest absolute Gasteiger partial charge is 0.416 e. The molecule has 0 aromatic heterocycles. The Morgan fingerprint density at radius 2 is 2.03 bits per heavy atom. The van der Waals surface area contributed by atoms with Crippen molar-refractivity contribution in [2.75, 3.05) is 65.1 Å². The zero-order valence-electron chi connectivity index (χ0n) is 17.0. The summed E-state index contributed by atoms with van der Waals surface area (Å²) in [6, 6.07) is 4.56. The molecule has 29 heavy (non-hydrogen) atoms. The highest BCUT2D eigenvalue weighted by atomic mass is 19.4. The number of nitrogens with zero attached hydrogens (tertiary/aromatic N) is 3. The molecule has 0 amide bonds. The molecule has 2 aliphatic rings. The molecule has 1 N–H and O–H groups in total. The molecule has 1 unspecified atom stereocenters. The summed E-state index contributed by atoms with van der Waals surface area (Å²) in [6.45, 7) is 4.59. The SMILES string of the molecule is CN=C(NCc1ccc(N2CCOCC2)cc1C(F)(F)F)N1CCC(COC)C1. The van der Waals surface area contributed by atoms with Crippen LogP contribution in [0.25, 0.3) is 0 Å². The van der Waals surface area contributed by atoms with Gasteiger partial charge >= 0.3 is 6.18 Å². The molecule has 3 rings (SSSR count). The van der Waals surface area contributed by atoms with E-state index in [4.69, 9.17) is 9.47 Å². The molecule has 0 saturated carbocycles. The van der Waals surface area contributed by atoms with Crippen LogP contribution in [-0.4, -0.2) is 71.0 Å². The molecule has 1 atom stereocenters. The Morgan fingerprint density at radius 3 is 2.69 bits per heavy atom. The smallest absolute Gasteiger partial charge is 0.384 e. The van der Waals surface area contributed by atoms with Gasteiger partial charge in [-0.25, -0.2) is 0 Å². The first-order chi connectivity index (χ1) is 13.9. The molecule has 0 aliphatic carbocycles. The van der Waals surface area contributed by atoms with Gasteiger partial charge in [0.2, 0.25) is 0 Å². The fraction of sp³-hybridized carbons (Fsp3) is 0.650. The van der Waals surface area contributed by atoms with Gasteiger partial charge in [-0.2, -0.15) is 13.2 Å². The molecular formula is C20H29F3N4O2. The number of benzene rings is 1. The maximum atomic E-state index is 13.7. The predicted octanol–water partition coefficient (Wildman–Crippen LogP) is 2.59. The van der Waals surface area contributed by atoms with Crippen molar-refractivity contribution >= 4 is 11.6 Å². The monoisotopic (exact) mass is 414 g/mol. The summed E-state index contributed by atoms with van der Waals surface area (Å²) >= 11 is 0. The van der Waals surface area contributed by atoms with Gasteiger partial charge in [0.05, 0.1) is 25.4 Å². The van der Waals surface area contributed by atoms with E-state index in [9.17, 15) is 13.2 Å². The van der Waals surface area contributed by atoms with Crippen LogP contribution in [0.3, 0.4) is 0 Å². The molecule has 2 saturated heterocycles. The molecule has 6 nitrogen and oxygen atoms in total. The minimum absolute atomic E-state index is 0.0658. The van der Waals surface area contributed by atoms with Crippen molar-refractivity contribution in [1.29, 1.82) is 0 Å². The standard InChI is InChI=1S/C20H29F3N4O2/c1-24-19(27-6-5-15(13-27)14-28-2)25-12-16-3-4-17(11-18(16)20(21,22)23)26-7-9-29-10-8-26/h3-4,11,15H,5-10,12-14H2,1-2H3,(H,24,25). The minimum atomic E-state index is -4.42. The fourth-order valence-corrected chi connectivity index (χ4v) is 3.90. The van der Waals surface area contributed by atoms with Gasteiger partial charge in [-0.1, -0.05) is 6.07 Å². The number of ether oxygens (including phenoxy) is 2. The number of methoxy groups -OCH3 is 1. The number of hydrogen-bond donors (Lipinski definition) is 1. The third-order valence-electron chi connectivity index (χ3n) is 5.41. The van der Waals surface area contributed by atoms with Crippen molar-refractivity contribution in [3.8, 4) is 0 Å². The normalized spacial score (nSPS) is 21.0. The summed E-state index contributed by atoms with van der Waals surface area (Å²) in [6.07, 6.45) is -3.43. The van der Waals surface area contributed by atoms with Crippen LogP contribution in [-0.2, 0) is 22.2 Å². The van der Waals surface area contributed by atoms with Gasteiger partial charge in [0.25, 0.3) is 0 Å². The number of rotatable bonds is 5. The van der Waals surface area contributed by atoms with Crippen LogP contribution in [0.4, 0.5) is 18.9 Å². The summed E-state index contributed by atoms with van der Waals surface area (Å²) in [5.41, 5.74) is 0.183. The molecule has 2 fully saturated rings. The Balaban J connectivity index is 1.70. The van der Waals surface area contributed by atoms with Gasteiger partial charge in [0.15, 0.2) is 5.96 Å². The molecule has 1 aromatic carbocycles. The topological polar surface area (TPSA) is 49.3 Å². The maximum Gasteiger partial charge on any atom is 0.416 e. The number of anilines is 1. The molecule has 2 heterocycles. The second kappa shape index (κ2) is 9.67. The van der Waals surface area contributed by atoms with Crippen molar-refractivity contribution in [2.45, 2.75) is 19.1 Å². The first kappa shape index (κ1) is 21.7. The molecule has 0 spiro atoms. The number of halogens is 3. The second-order valence-electron chi connectivity index (χ2n) is 7.40. The lowest BCUT2D eigenvalue weighted by Crippen LogP contribution is -2.40. The lowest BCUT2D eigenvalue weighted by atomic mass is 10.0. The van der Waals surface area contributed by atoms with E-state index < -0.39 is 11.7 Å². The predicted molar refractivity (Wildman–Crippen MR) is 106 cm³/mol. The van der Waals surface area contributed by atoms with Gasteiger partial charge in [0, 0.05) is 58.5 Å². The lowest BCUT2D eigenvalue weighted by Gasteiger charge is -2.30. The first-order valence-corrected chi connectivity index (χ1v) is 9.89. The number of nitrogens with one attached hydrogen (secondary N) is 1. The summed E-state index contributed by atoms with van der Waals surface area (Å²) in [4.78, 5) is 8.24. The molecule has 2 aliphatic heterocycles. The van der Waals surface area contributed by atoms with E-state index in [1.165, 1.54) is 6.07 Å². The van der Waals surface area contributed by atoms with Crippen LogP contribution >= 0.6 is 0 Å². The number of hydrogen-bond acceptors (Lipinski definition) is 4. The summed E-state index contributed by atoms with van der Waals surface area (Å²) < 4.78 is 51.6. The average Bonchev–Trinajstić information content (AvgIpc) is 3.17. The van der Waals surface area contributed by atoms with E-state index >= 15 is 0 Å². The number of likely N-dealkylation sites (tertiary alicyclic amines) is 1. The van der Waals surface area contributed by atoms with E-state index in [1.807, 2.05) is 4.90 Å². The van der Waals surface area contributed by atoms with Crippen molar-refractivity contribution in [1.82, 2.24) is 10.2 Å². The molecule has 9 heteroatoms. The Morgan fingerprint density at radius 1 is 1.28 bits per heavy atom. The first-order valence-electron chi connectivity index (χ1n) is 9.89. The average molecular weight is 414 g/mol. The molecule has 1 aromatic rings. The Bertz CT molecular complexity index is 705. The van der Waals surface area contributed by atoms with Crippen LogP contribution in [0.1, 0.15) is 17.5 Å². The van der Waals surface area contributed by atoms with Crippen LogP contribution < -0.4 is 10.2 Å². The molecule has 0 radical (unpaired) electrons. The number of morpholine rings is 1. The van der Waals surface area contributed by atoms with E-state index in [0.717, 1.165) is 19.5 Å². The molecule has 0 bridgehead atoms. The Hall–Kier alpha value is -2.00. The van der Waals surface area contributed by atoms with Gasteiger partial charge < -0.3 is 24.6 Å². The van der Waals surface area contributed by atoms with Crippen LogP contribution in [0.2, 0.25) is 0 Å². The number of guanidine groups is 1. The van der Waals surface area contributed by atoms with E-state index in [0.29, 0.717) is 50.5 Å². The van der Waals surface area contributed by atoms with Crippen LogP contribution in [0, 0.1) is 5.92 Å². The zero-order valence-corrected chi connectivity index (χ0v) is 17.0. The summed E-state index contributed by atoms with van der Waals surface area (Å²) in [5.74, 6) is 1.03. The maximum absolute atomic E-state index is 13.7. The van der Waals surface area contributed by atoms with Gasteiger partial charge in [0.1, 0.15) is 0 Å². The number of alkyl halides is 3. The zero-order chi connectivity index (χ0) is 20.9. The van der Waals surface area contributed by atoms with E-state index in [1.54, 1.807) is 26.3 Å². The summed E-state index contributed by atoms with van der Waals surface area (Å²) in [7, 11) is 3.33. The third kappa shape index (κ3) is 5.54. The van der Waals surface area contributed by atoms with Crippen molar-refractivity contribution in [2.24, 2.45) is 10.9 Å². The van der Waals surface area contributed by atoms with Crippen molar-refractivity contribution < 1.29 is 22.6 Å². The lowest BCUT2D eigenvalue weighted by molar-refractivity contribution is -0.138. The van der Waals surface area contributed by atoms with E-state index in [2.05, 4.69) is 15.2 Å². The number of aliphatic imine (C=N–C) groups is 1. The highest BCUT2D eigenvalue weighted by molar-refractivity contribution is 5.80. The Kier molecular flexibility index (Phi) is 7.23. The highest BCUT2D eigenvalue weighted by Gasteiger charge is 2.34. The van der Waals surface area contributed by atoms with Gasteiger partial charge in [-0.3, -0.25) is 4.99 Å². The van der Waals surface area contributed by atoms with Crippen LogP contribution in [0.5, 0.6) is 0 Å². The fourth-order valence-electron chi connectivity index (χ4n) is 3.90. The van der Waals surface area contributed by atoms with Crippen molar-refractivity contribution in [3.05, 3.63) is 29.3 Å². The van der Waals surface area contributed by atoms with Gasteiger partial charge in [-0.05, 0) is 24.1 Å². The molecular weight excluding hydrogens is 385 g/mol. The van der Waals surface area contributed by atoms with Crippen molar-refractivity contribution in [3.63, 3.8) is 0 Å². The quantitative estimate of drug-likeness (QED) is 0.593.